The lowest BCUT2D eigenvalue weighted by atomic mass is 9.95. The molecule has 1 aromatic rings. The van der Waals surface area contributed by atoms with Crippen molar-refractivity contribution in [3.63, 3.8) is 0 Å². The van der Waals surface area contributed by atoms with Gasteiger partial charge in [0.15, 0.2) is 0 Å². The van der Waals surface area contributed by atoms with Gasteiger partial charge in [0.1, 0.15) is 0 Å². The Labute approximate surface area is 142 Å². The lowest BCUT2D eigenvalue weighted by Gasteiger charge is -2.31. The maximum Gasteiger partial charge on any atom is 0.249 e. The van der Waals surface area contributed by atoms with Gasteiger partial charge in [0, 0.05) is 37.3 Å². The molecule has 0 bridgehead atoms. The number of allylic oxidation sites excluding steroid dienone is 1. The highest BCUT2D eigenvalue weighted by molar-refractivity contribution is 5.95. The number of piperidine rings is 1. The molecular formula is C18H26N4O2. The summed E-state index contributed by atoms with van der Waals surface area (Å²) in [6.45, 7) is 6.19. The van der Waals surface area contributed by atoms with E-state index >= 15 is 0 Å². The summed E-state index contributed by atoms with van der Waals surface area (Å²) in [6.07, 6.45) is 8.02. The second kappa shape index (κ2) is 7.20. The minimum atomic E-state index is -0.0299. The van der Waals surface area contributed by atoms with E-state index in [0.717, 1.165) is 49.9 Å². The molecule has 1 saturated heterocycles. The first-order valence-corrected chi connectivity index (χ1v) is 8.89. The van der Waals surface area contributed by atoms with Crippen molar-refractivity contribution in [2.24, 2.45) is 5.92 Å². The van der Waals surface area contributed by atoms with E-state index in [0.29, 0.717) is 13.1 Å². The molecule has 6 heteroatoms. The van der Waals surface area contributed by atoms with Crippen molar-refractivity contribution < 1.29 is 9.59 Å². The predicted octanol–water partition coefficient (Wildman–Crippen LogP) is 2.58. The Morgan fingerprint density at radius 3 is 2.62 bits per heavy atom. The highest BCUT2D eigenvalue weighted by Gasteiger charge is 2.30. The minimum absolute atomic E-state index is 0.0299. The van der Waals surface area contributed by atoms with E-state index in [9.17, 15) is 9.59 Å². The smallest absolute Gasteiger partial charge is 0.249 e. The van der Waals surface area contributed by atoms with E-state index in [-0.39, 0.29) is 17.7 Å². The van der Waals surface area contributed by atoms with Crippen molar-refractivity contribution in [3.8, 4) is 0 Å². The topological polar surface area (TPSA) is 67.2 Å². The van der Waals surface area contributed by atoms with Crippen LogP contribution in [0.5, 0.6) is 0 Å². The van der Waals surface area contributed by atoms with Crippen LogP contribution in [0.4, 0.5) is 5.69 Å². The Hall–Kier alpha value is -2.11. The van der Waals surface area contributed by atoms with E-state index in [4.69, 9.17) is 0 Å². The van der Waals surface area contributed by atoms with Crippen molar-refractivity contribution in [2.45, 2.75) is 52.5 Å². The number of hydrogen-bond donors (Lipinski definition) is 1. The summed E-state index contributed by atoms with van der Waals surface area (Å²) in [4.78, 5) is 26.9. The molecule has 0 unspecified atom stereocenters. The monoisotopic (exact) mass is 330 g/mol. The van der Waals surface area contributed by atoms with Crippen LogP contribution in [0.2, 0.25) is 0 Å². The molecule has 0 radical (unpaired) electrons. The van der Waals surface area contributed by atoms with Crippen LogP contribution in [-0.4, -0.2) is 39.6 Å². The van der Waals surface area contributed by atoms with Gasteiger partial charge in [-0.1, -0.05) is 5.57 Å². The molecule has 2 heterocycles. The fraction of sp³-hybridized carbons (Fsp3) is 0.611. The summed E-state index contributed by atoms with van der Waals surface area (Å²) in [5.74, 6) is 0.194. The average molecular weight is 330 g/mol. The number of carbonyl (C=O) groups is 2. The number of anilines is 1. The standard InChI is InChI=1S/C18H26N4O2/c1-3-22-12-15(11-19-22)20-17(23)14-7-9-21(10-8-14)18(24)16-6-4-5-13(16)2/h11-12,14H,3-10H2,1-2H3,(H,20,23). The molecule has 1 N–H and O–H groups in total. The Morgan fingerprint density at radius 2 is 2.04 bits per heavy atom. The van der Waals surface area contributed by atoms with Crippen molar-refractivity contribution in [1.29, 1.82) is 0 Å². The fourth-order valence-electron chi connectivity index (χ4n) is 3.57. The van der Waals surface area contributed by atoms with Gasteiger partial charge in [-0.15, -0.1) is 0 Å². The summed E-state index contributed by atoms with van der Waals surface area (Å²) in [5, 5.41) is 7.10. The maximum absolute atomic E-state index is 12.6. The van der Waals surface area contributed by atoms with Crippen LogP contribution in [0.1, 0.15) is 46.0 Å². The molecule has 2 amide bonds. The van der Waals surface area contributed by atoms with E-state index in [1.807, 2.05) is 18.0 Å². The van der Waals surface area contributed by atoms with E-state index < -0.39 is 0 Å². The van der Waals surface area contributed by atoms with Crippen LogP contribution >= 0.6 is 0 Å². The fourth-order valence-corrected chi connectivity index (χ4v) is 3.57. The molecule has 2 aliphatic rings. The van der Waals surface area contributed by atoms with Crippen LogP contribution in [0.25, 0.3) is 0 Å². The van der Waals surface area contributed by atoms with E-state index in [1.54, 1.807) is 10.9 Å². The first kappa shape index (κ1) is 16.7. The summed E-state index contributed by atoms with van der Waals surface area (Å²) in [7, 11) is 0. The van der Waals surface area contributed by atoms with Gasteiger partial charge >= 0.3 is 0 Å². The molecule has 0 saturated carbocycles. The molecule has 1 aliphatic carbocycles. The molecule has 3 rings (SSSR count). The molecular weight excluding hydrogens is 304 g/mol. The maximum atomic E-state index is 12.6. The van der Waals surface area contributed by atoms with Gasteiger partial charge in [0.2, 0.25) is 11.8 Å². The third-order valence-corrected chi connectivity index (χ3v) is 5.13. The van der Waals surface area contributed by atoms with Crippen molar-refractivity contribution >= 4 is 17.5 Å². The largest absolute Gasteiger partial charge is 0.339 e. The van der Waals surface area contributed by atoms with Crippen LogP contribution < -0.4 is 5.32 Å². The molecule has 24 heavy (non-hydrogen) atoms. The molecule has 0 aromatic carbocycles. The summed E-state index contributed by atoms with van der Waals surface area (Å²) >= 11 is 0. The van der Waals surface area contributed by atoms with Crippen molar-refractivity contribution in [1.82, 2.24) is 14.7 Å². The molecule has 1 aromatic heterocycles. The molecule has 1 aliphatic heterocycles. The number of aryl methyl sites for hydroxylation is 1. The third kappa shape index (κ3) is 3.52. The number of likely N-dealkylation sites (tertiary alicyclic amines) is 1. The second-order valence-electron chi connectivity index (χ2n) is 6.75. The number of carbonyl (C=O) groups excluding carboxylic acids is 2. The van der Waals surface area contributed by atoms with Gasteiger partial charge in [-0.25, -0.2) is 0 Å². The zero-order chi connectivity index (χ0) is 17.1. The number of nitrogens with zero attached hydrogens (tertiary/aromatic N) is 3. The molecule has 1 fully saturated rings. The quantitative estimate of drug-likeness (QED) is 0.922. The lowest BCUT2D eigenvalue weighted by molar-refractivity contribution is -0.131. The normalized spacial score (nSPS) is 19.0. The number of rotatable bonds is 4. The Kier molecular flexibility index (Phi) is 5.02. The summed E-state index contributed by atoms with van der Waals surface area (Å²) < 4.78 is 1.79. The van der Waals surface area contributed by atoms with Gasteiger partial charge in [-0.05, 0) is 46.0 Å². The highest BCUT2D eigenvalue weighted by atomic mass is 16.2. The lowest BCUT2D eigenvalue weighted by Crippen LogP contribution is -2.42. The van der Waals surface area contributed by atoms with Crippen molar-refractivity contribution in [3.05, 3.63) is 23.5 Å². The van der Waals surface area contributed by atoms with Crippen molar-refractivity contribution in [2.75, 3.05) is 18.4 Å². The average Bonchev–Trinajstić information content (AvgIpc) is 3.23. The first-order chi connectivity index (χ1) is 11.6. The second-order valence-corrected chi connectivity index (χ2v) is 6.75. The van der Waals surface area contributed by atoms with Crippen LogP contribution in [-0.2, 0) is 16.1 Å². The number of amides is 2. The Balaban J connectivity index is 1.52. The highest BCUT2D eigenvalue weighted by Crippen LogP contribution is 2.28. The Bertz CT molecular complexity index is 654. The number of nitrogens with one attached hydrogen (secondary N) is 1. The molecule has 0 atom stereocenters. The van der Waals surface area contributed by atoms with Gasteiger partial charge in [-0.2, -0.15) is 5.10 Å². The van der Waals surface area contributed by atoms with E-state index in [1.165, 1.54) is 5.57 Å². The molecule has 6 nitrogen and oxygen atoms in total. The third-order valence-electron chi connectivity index (χ3n) is 5.13. The van der Waals surface area contributed by atoms with Gasteiger partial charge in [-0.3, -0.25) is 14.3 Å². The minimum Gasteiger partial charge on any atom is -0.339 e. The number of hydrogen-bond acceptors (Lipinski definition) is 3. The van der Waals surface area contributed by atoms with Gasteiger partial charge in [0.25, 0.3) is 0 Å². The van der Waals surface area contributed by atoms with E-state index in [2.05, 4.69) is 17.3 Å². The Morgan fingerprint density at radius 1 is 1.29 bits per heavy atom. The molecule has 0 spiro atoms. The predicted molar refractivity (Wildman–Crippen MR) is 92.4 cm³/mol. The molecule has 130 valence electrons. The van der Waals surface area contributed by atoms with Gasteiger partial charge < -0.3 is 10.2 Å². The van der Waals surface area contributed by atoms with Crippen LogP contribution in [0, 0.1) is 5.92 Å². The van der Waals surface area contributed by atoms with Gasteiger partial charge in [0.05, 0.1) is 11.9 Å². The van der Waals surface area contributed by atoms with Crippen LogP contribution in [0.3, 0.4) is 0 Å². The zero-order valence-corrected chi connectivity index (χ0v) is 14.5. The zero-order valence-electron chi connectivity index (χ0n) is 14.5. The van der Waals surface area contributed by atoms with Crippen LogP contribution in [0.15, 0.2) is 23.5 Å². The number of aromatic nitrogens is 2. The first-order valence-electron chi connectivity index (χ1n) is 8.89. The SMILES string of the molecule is CCn1cc(NC(=O)C2CCN(C(=O)C3=C(C)CCC3)CC2)cn1. The summed E-state index contributed by atoms with van der Waals surface area (Å²) in [6, 6.07) is 0. The summed E-state index contributed by atoms with van der Waals surface area (Å²) in [5.41, 5.74) is 2.99.